The first-order valence-electron chi connectivity index (χ1n) is 13.4. The molecule has 1 aliphatic heterocycles. The van der Waals surface area contributed by atoms with Crippen LogP contribution in [0.4, 0.5) is 0 Å². The number of amides is 1. The number of hydrazone groups is 1. The maximum absolute atomic E-state index is 12.8. The molecule has 3 N–H and O–H groups in total. The number of ether oxygens (including phenoxy) is 4. The van der Waals surface area contributed by atoms with E-state index in [0.717, 1.165) is 9.13 Å². The van der Waals surface area contributed by atoms with Gasteiger partial charge in [-0.05, 0) is 106 Å². The molecule has 3 aromatic rings. The van der Waals surface area contributed by atoms with Crippen molar-refractivity contribution >= 4 is 73.9 Å². The number of nitrogens with zero attached hydrogens (tertiary/aromatic N) is 1. The van der Waals surface area contributed by atoms with Crippen LogP contribution in [0.2, 0.25) is 0 Å². The molecule has 10 nitrogen and oxygen atoms in total. The fourth-order valence-corrected chi connectivity index (χ4v) is 5.51. The minimum atomic E-state index is -0.628. The van der Waals surface area contributed by atoms with Crippen molar-refractivity contribution in [3.8, 4) is 17.2 Å². The zero-order valence-electron chi connectivity index (χ0n) is 24.1. The Bertz CT molecular complexity index is 1600. The summed E-state index contributed by atoms with van der Waals surface area (Å²) >= 11 is 11.1. The number of halogens is 2. The second-order valence-electron chi connectivity index (χ2n) is 9.36. The number of para-hydroxylation sites is 1. The van der Waals surface area contributed by atoms with Crippen LogP contribution in [-0.4, -0.2) is 43.5 Å². The van der Waals surface area contributed by atoms with Crippen LogP contribution >= 0.6 is 50.7 Å². The summed E-state index contributed by atoms with van der Waals surface area (Å²) < 4.78 is 24.5. The molecule has 0 radical (unpaired) electrons. The van der Waals surface area contributed by atoms with Gasteiger partial charge in [0.15, 0.2) is 23.2 Å². The summed E-state index contributed by atoms with van der Waals surface area (Å²) in [5, 5.41) is 10.5. The third-order valence-electron chi connectivity index (χ3n) is 6.30. The molecule has 0 saturated heterocycles. The van der Waals surface area contributed by atoms with Crippen molar-refractivity contribution < 1.29 is 28.5 Å². The minimum absolute atomic E-state index is 0.223. The molecule has 0 bridgehead atoms. The van der Waals surface area contributed by atoms with Gasteiger partial charge >= 0.3 is 5.97 Å². The van der Waals surface area contributed by atoms with Crippen molar-refractivity contribution in [1.29, 1.82) is 0 Å². The molecular weight excluding hydrogens is 763 g/mol. The van der Waals surface area contributed by atoms with E-state index in [2.05, 4.69) is 59.7 Å². The number of benzene rings is 3. The number of esters is 1. The molecule has 0 saturated carbocycles. The fourth-order valence-electron chi connectivity index (χ4n) is 4.30. The summed E-state index contributed by atoms with van der Waals surface area (Å²) in [7, 11) is 1.55. The Hall–Kier alpha value is -3.69. The largest absolute Gasteiger partial charge is 0.493 e. The van der Waals surface area contributed by atoms with Crippen molar-refractivity contribution in [2.75, 3.05) is 20.3 Å². The van der Waals surface area contributed by atoms with E-state index >= 15 is 0 Å². The van der Waals surface area contributed by atoms with E-state index in [1.807, 2.05) is 30.3 Å². The average molecular weight is 793 g/mol. The van der Waals surface area contributed by atoms with Crippen molar-refractivity contribution in [3.63, 3.8) is 0 Å². The Morgan fingerprint density at radius 1 is 1.11 bits per heavy atom. The molecule has 0 fully saturated rings. The Morgan fingerprint density at radius 3 is 2.59 bits per heavy atom. The van der Waals surface area contributed by atoms with Crippen molar-refractivity contribution in [3.05, 3.63) is 96.7 Å². The van der Waals surface area contributed by atoms with Crippen LogP contribution < -0.4 is 30.3 Å². The first-order valence-corrected chi connectivity index (χ1v) is 15.7. The van der Waals surface area contributed by atoms with Crippen molar-refractivity contribution in [2.24, 2.45) is 5.10 Å². The minimum Gasteiger partial charge on any atom is -0.493 e. The topological polar surface area (TPSA) is 120 Å². The highest BCUT2D eigenvalue weighted by Gasteiger charge is 2.32. The number of thiocarbonyl (C=S) groups is 1. The van der Waals surface area contributed by atoms with Crippen LogP contribution in [0.3, 0.4) is 0 Å². The molecule has 1 heterocycles. The quantitative estimate of drug-likeness (QED) is 0.0716. The van der Waals surface area contributed by atoms with Crippen LogP contribution in [0, 0.1) is 3.57 Å². The van der Waals surface area contributed by atoms with Crippen LogP contribution in [0.15, 0.2) is 81.5 Å². The van der Waals surface area contributed by atoms with Gasteiger partial charge in [0, 0.05) is 14.8 Å². The molecule has 0 spiro atoms. The van der Waals surface area contributed by atoms with E-state index in [-0.39, 0.29) is 13.2 Å². The summed E-state index contributed by atoms with van der Waals surface area (Å²) in [6, 6.07) is 18.1. The molecule has 0 aromatic heterocycles. The van der Waals surface area contributed by atoms with Crippen molar-refractivity contribution in [1.82, 2.24) is 16.1 Å². The lowest BCUT2D eigenvalue weighted by atomic mass is 9.95. The van der Waals surface area contributed by atoms with Gasteiger partial charge in [-0.2, -0.15) is 5.10 Å². The summed E-state index contributed by atoms with van der Waals surface area (Å²) in [6.07, 6.45) is 1.49. The Kier molecular flexibility index (Phi) is 12.0. The van der Waals surface area contributed by atoms with Gasteiger partial charge in [0.05, 0.1) is 36.0 Å². The predicted molar refractivity (Wildman–Crippen MR) is 183 cm³/mol. The van der Waals surface area contributed by atoms with Gasteiger partial charge in [-0.15, -0.1) is 0 Å². The van der Waals surface area contributed by atoms with Crippen LogP contribution in [-0.2, 0) is 20.9 Å². The SMILES string of the molecule is CCOC(=O)C1=C(C)NC(=S)N[C@H]1c1ccccc1OCC(=O)NN=Cc1cc(Br)c(OCc2ccc(I)cc2)c(OC)c1. The Balaban J connectivity index is 1.39. The number of hydrogen-bond acceptors (Lipinski definition) is 8. The highest BCUT2D eigenvalue weighted by molar-refractivity contribution is 14.1. The smallest absolute Gasteiger partial charge is 0.338 e. The van der Waals surface area contributed by atoms with Gasteiger partial charge in [-0.25, -0.2) is 10.2 Å². The highest BCUT2D eigenvalue weighted by atomic mass is 127. The molecule has 0 aliphatic carbocycles. The van der Waals surface area contributed by atoms with Crippen molar-refractivity contribution in [2.45, 2.75) is 26.5 Å². The number of nitrogens with one attached hydrogen (secondary N) is 3. The fraction of sp³-hybridized carbons (Fsp3) is 0.226. The first kappa shape index (κ1) is 33.2. The molecule has 1 aliphatic rings. The van der Waals surface area contributed by atoms with Crippen LogP contribution in [0.5, 0.6) is 17.2 Å². The molecule has 1 amide bonds. The number of hydrogen-bond donors (Lipinski definition) is 3. The molecule has 44 heavy (non-hydrogen) atoms. The van der Waals surface area contributed by atoms with E-state index in [1.165, 1.54) is 6.21 Å². The molecule has 13 heteroatoms. The molecule has 230 valence electrons. The molecule has 4 rings (SSSR count). The summed E-state index contributed by atoms with van der Waals surface area (Å²) in [6.45, 7) is 3.77. The maximum atomic E-state index is 12.8. The van der Waals surface area contributed by atoms with Gasteiger partial charge in [-0.3, -0.25) is 4.79 Å². The molecule has 3 aromatic carbocycles. The second kappa shape index (κ2) is 15.9. The lowest BCUT2D eigenvalue weighted by Gasteiger charge is -2.30. The first-order chi connectivity index (χ1) is 21.2. The summed E-state index contributed by atoms with van der Waals surface area (Å²) in [5.41, 5.74) is 5.74. The second-order valence-corrected chi connectivity index (χ2v) is 11.9. The van der Waals surface area contributed by atoms with E-state index in [0.29, 0.717) is 55.8 Å². The summed E-state index contributed by atoms with van der Waals surface area (Å²) in [4.78, 5) is 25.4. The molecular formula is C31H30BrIN4O6S. The zero-order valence-corrected chi connectivity index (χ0v) is 28.7. The number of carbonyl (C=O) groups is 2. The highest BCUT2D eigenvalue weighted by Crippen LogP contribution is 2.37. The number of carbonyl (C=O) groups excluding carboxylic acids is 2. The van der Waals surface area contributed by atoms with Gasteiger partial charge in [0.25, 0.3) is 5.91 Å². The summed E-state index contributed by atoms with van der Waals surface area (Å²) in [5.74, 6) is 0.506. The lowest BCUT2D eigenvalue weighted by Crippen LogP contribution is -2.45. The molecule has 0 unspecified atom stereocenters. The van der Waals surface area contributed by atoms with E-state index in [9.17, 15) is 9.59 Å². The van der Waals surface area contributed by atoms with E-state index in [1.54, 1.807) is 51.3 Å². The zero-order chi connectivity index (χ0) is 31.6. The predicted octanol–water partition coefficient (Wildman–Crippen LogP) is 5.53. The molecule has 1 atom stereocenters. The maximum Gasteiger partial charge on any atom is 0.338 e. The third kappa shape index (κ3) is 8.70. The lowest BCUT2D eigenvalue weighted by molar-refractivity contribution is -0.139. The van der Waals surface area contributed by atoms with Gasteiger partial charge < -0.3 is 29.6 Å². The Labute approximate surface area is 282 Å². The van der Waals surface area contributed by atoms with Gasteiger partial charge in [0.2, 0.25) is 0 Å². The van der Waals surface area contributed by atoms with Gasteiger partial charge in [0.1, 0.15) is 12.4 Å². The average Bonchev–Trinajstić information content (AvgIpc) is 3.00. The normalized spacial score (nSPS) is 14.5. The van der Waals surface area contributed by atoms with E-state index in [4.69, 9.17) is 31.2 Å². The van der Waals surface area contributed by atoms with E-state index < -0.39 is 17.9 Å². The number of methoxy groups -OCH3 is 1. The monoisotopic (exact) mass is 792 g/mol. The standard InChI is InChI=1S/C31H30BrIN4O6S/c1-4-41-30(39)27-18(2)35-31(44)36-28(27)22-7-5-6-8-24(22)42-17-26(38)37-34-15-20-13-23(32)29(25(14-20)40-3)43-16-19-9-11-21(33)12-10-19/h5-15,28H,4,16-17H2,1-3H3,(H,37,38)(H2,35,36,44)/t28-/m0/s1. The number of allylic oxidation sites excluding steroid dienone is 1. The third-order valence-corrected chi connectivity index (χ3v) is 7.83. The number of rotatable bonds is 12. The van der Waals surface area contributed by atoms with Crippen LogP contribution in [0.25, 0.3) is 0 Å². The van der Waals surface area contributed by atoms with Gasteiger partial charge in [-0.1, -0.05) is 30.3 Å². The van der Waals surface area contributed by atoms with Crippen LogP contribution in [0.1, 0.15) is 36.6 Å². The Morgan fingerprint density at radius 2 is 1.86 bits per heavy atom.